The average Bonchev–Trinajstić information content (AvgIpc) is 2.55. The van der Waals surface area contributed by atoms with Crippen LogP contribution < -0.4 is 10.1 Å². The van der Waals surface area contributed by atoms with E-state index in [2.05, 4.69) is 50.4 Å². The molecule has 1 N–H and O–H groups in total. The van der Waals surface area contributed by atoms with Crippen molar-refractivity contribution in [2.24, 2.45) is 0 Å². The zero-order valence-electron chi connectivity index (χ0n) is 14.9. The third kappa shape index (κ3) is 8.43. The lowest BCUT2D eigenvalue weighted by atomic mass is 10.1. The Morgan fingerprint density at radius 1 is 0.864 bits per heavy atom. The van der Waals surface area contributed by atoms with Crippen molar-refractivity contribution in [3.8, 4) is 5.75 Å². The van der Waals surface area contributed by atoms with Gasteiger partial charge in [-0.15, -0.1) is 0 Å². The summed E-state index contributed by atoms with van der Waals surface area (Å²) in [7, 11) is 0. The Kier molecular flexibility index (Phi) is 10.8. The Labute approximate surface area is 137 Å². The van der Waals surface area contributed by atoms with Gasteiger partial charge < -0.3 is 10.1 Å². The van der Waals surface area contributed by atoms with Crippen molar-refractivity contribution in [2.75, 3.05) is 13.2 Å². The molecule has 1 aromatic carbocycles. The van der Waals surface area contributed by atoms with Crippen LogP contribution in [-0.4, -0.2) is 13.2 Å². The smallest absolute Gasteiger partial charge is 0.119 e. The van der Waals surface area contributed by atoms with Crippen LogP contribution in [0.3, 0.4) is 0 Å². The molecule has 2 nitrogen and oxygen atoms in total. The summed E-state index contributed by atoms with van der Waals surface area (Å²) in [6.07, 6.45) is 10.4. The lowest BCUT2D eigenvalue weighted by Gasteiger charge is -2.15. The number of benzene rings is 1. The second-order valence-electron chi connectivity index (χ2n) is 6.21. The highest BCUT2D eigenvalue weighted by Gasteiger charge is 2.04. The van der Waals surface area contributed by atoms with Gasteiger partial charge in [-0.3, -0.25) is 0 Å². The van der Waals surface area contributed by atoms with Gasteiger partial charge in [-0.25, -0.2) is 0 Å². The van der Waals surface area contributed by atoms with E-state index in [1.54, 1.807) is 0 Å². The van der Waals surface area contributed by atoms with E-state index in [0.29, 0.717) is 6.04 Å². The minimum atomic E-state index is 0.417. The second kappa shape index (κ2) is 12.5. The van der Waals surface area contributed by atoms with Gasteiger partial charge in [0.1, 0.15) is 5.75 Å². The highest BCUT2D eigenvalue weighted by Crippen LogP contribution is 2.18. The highest BCUT2D eigenvalue weighted by atomic mass is 16.5. The number of rotatable bonds is 13. The standard InChI is InChI=1S/C20H35NO/c1-4-6-8-9-10-11-16-21-18(3)19-12-14-20(15-13-19)22-17-7-5-2/h12-15,18,21H,4-11,16-17H2,1-3H3. The molecular formula is C20H35NO. The van der Waals surface area contributed by atoms with Crippen LogP contribution in [0.5, 0.6) is 5.75 Å². The van der Waals surface area contributed by atoms with Gasteiger partial charge in [0.15, 0.2) is 0 Å². The number of ether oxygens (including phenoxy) is 1. The minimum absolute atomic E-state index is 0.417. The molecule has 0 heterocycles. The van der Waals surface area contributed by atoms with E-state index in [4.69, 9.17) is 4.74 Å². The summed E-state index contributed by atoms with van der Waals surface area (Å²) in [6, 6.07) is 8.96. The Morgan fingerprint density at radius 2 is 1.50 bits per heavy atom. The van der Waals surface area contributed by atoms with Gasteiger partial charge in [0.05, 0.1) is 6.61 Å². The van der Waals surface area contributed by atoms with Crippen molar-refractivity contribution in [3.63, 3.8) is 0 Å². The molecule has 0 radical (unpaired) electrons. The first-order valence-electron chi connectivity index (χ1n) is 9.24. The number of hydrogen-bond acceptors (Lipinski definition) is 2. The molecular weight excluding hydrogens is 270 g/mol. The van der Waals surface area contributed by atoms with E-state index >= 15 is 0 Å². The number of nitrogens with one attached hydrogen (secondary N) is 1. The first-order valence-corrected chi connectivity index (χ1v) is 9.24. The van der Waals surface area contributed by atoms with Gasteiger partial charge in [-0.1, -0.05) is 64.5 Å². The molecule has 0 aromatic heterocycles. The van der Waals surface area contributed by atoms with E-state index in [0.717, 1.165) is 25.3 Å². The summed E-state index contributed by atoms with van der Waals surface area (Å²) >= 11 is 0. The zero-order chi connectivity index (χ0) is 16.0. The van der Waals surface area contributed by atoms with Gasteiger partial charge in [0.25, 0.3) is 0 Å². The molecule has 0 spiro atoms. The first-order chi connectivity index (χ1) is 10.8. The molecule has 22 heavy (non-hydrogen) atoms. The summed E-state index contributed by atoms with van der Waals surface area (Å²) in [5, 5.41) is 3.62. The summed E-state index contributed by atoms with van der Waals surface area (Å²) in [4.78, 5) is 0. The summed E-state index contributed by atoms with van der Waals surface area (Å²) in [5.74, 6) is 0.986. The fraction of sp³-hybridized carbons (Fsp3) is 0.700. The molecule has 0 saturated heterocycles. The van der Waals surface area contributed by atoms with Crippen molar-refractivity contribution in [2.45, 2.75) is 78.2 Å². The van der Waals surface area contributed by atoms with E-state index in [1.165, 1.54) is 50.5 Å². The molecule has 2 heteroatoms. The van der Waals surface area contributed by atoms with Crippen molar-refractivity contribution >= 4 is 0 Å². The normalized spacial score (nSPS) is 12.3. The molecule has 0 amide bonds. The first kappa shape index (κ1) is 19.0. The maximum atomic E-state index is 5.71. The summed E-state index contributed by atoms with van der Waals surface area (Å²) in [5.41, 5.74) is 1.34. The Balaban J connectivity index is 2.17. The average molecular weight is 306 g/mol. The molecule has 0 bridgehead atoms. The van der Waals surface area contributed by atoms with Gasteiger partial charge in [0, 0.05) is 6.04 Å². The van der Waals surface area contributed by atoms with Gasteiger partial charge in [0.2, 0.25) is 0 Å². The number of hydrogen-bond donors (Lipinski definition) is 1. The maximum Gasteiger partial charge on any atom is 0.119 e. The van der Waals surface area contributed by atoms with E-state index in [1.807, 2.05) is 0 Å². The van der Waals surface area contributed by atoms with E-state index in [9.17, 15) is 0 Å². The SMILES string of the molecule is CCCCCCCCNC(C)c1ccc(OCCCC)cc1. The Hall–Kier alpha value is -1.02. The van der Waals surface area contributed by atoms with Gasteiger partial charge in [-0.2, -0.15) is 0 Å². The molecule has 1 unspecified atom stereocenters. The molecule has 1 aromatic rings. The van der Waals surface area contributed by atoms with Gasteiger partial charge in [-0.05, 0) is 44.0 Å². The van der Waals surface area contributed by atoms with Crippen LogP contribution in [0.15, 0.2) is 24.3 Å². The van der Waals surface area contributed by atoms with Crippen LogP contribution in [0.2, 0.25) is 0 Å². The lowest BCUT2D eigenvalue weighted by molar-refractivity contribution is 0.309. The zero-order valence-corrected chi connectivity index (χ0v) is 14.9. The fourth-order valence-electron chi connectivity index (χ4n) is 2.53. The van der Waals surface area contributed by atoms with Crippen LogP contribution in [-0.2, 0) is 0 Å². The fourth-order valence-corrected chi connectivity index (χ4v) is 2.53. The third-order valence-corrected chi connectivity index (χ3v) is 4.13. The predicted octanol–water partition coefficient (Wildman–Crippen LogP) is 5.88. The Bertz CT molecular complexity index is 360. The largest absolute Gasteiger partial charge is 0.494 e. The Morgan fingerprint density at radius 3 is 2.18 bits per heavy atom. The third-order valence-electron chi connectivity index (χ3n) is 4.13. The van der Waals surface area contributed by atoms with Crippen molar-refractivity contribution in [1.29, 1.82) is 0 Å². The molecule has 0 aliphatic heterocycles. The molecule has 0 saturated carbocycles. The van der Waals surface area contributed by atoms with Crippen molar-refractivity contribution < 1.29 is 4.74 Å². The topological polar surface area (TPSA) is 21.3 Å². The predicted molar refractivity (Wildman–Crippen MR) is 96.6 cm³/mol. The molecule has 0 fully saturated rings. The van der Waals surface area contributed by atoms with Crippen LogP contribution in [0, 0.1) is 0 Å². The molecule has 1 atom stereocenters. The second-order valence-corrected chi connectivity index (χ2v) is 6.21. The number of unbranched alkanes of at least 4 members (excludes halogenated alkanes) is 6. The van der Waals surface area contributed by atoms with E-state index in [-0.39, 0.29) is 0 Å². The molecule has 1 rings (SSSR count). The van der Waals surface area contributed by atoms with E-state index < -0.39 is 0 Å². The van der Waals surface area contributed by atoms with Crippen molar-refractivity contribution in [1.82, 2.24) is 5.32 Å². The molecule has 0 aliphatic rings. The quantitative estimate of drug-likeness (QED) is 0.460. The maximum absolute atomic E-state index is 5.71. The summed E-state index contributed by atoms with van der Waals surface area (Å²) < 4.78 is 5.71. The summed E-state index contributed by atoms with van der Waals surface area (Å²) in [6.45, 7) is 8.63. The van der Waals surface area contributed by atoms with Crippen LogP contribution in [0.25, 0.3) is 0 Å². The van der Waals surface area contributed by atoms with Crippen LogP contribution in [0.1, 0.15) is 83.7 Å². The van der Waals surface area contributed by atoms with Crippen molar-refractivity contribution in [3.05, 3.63) is 29.8 Å². The minimum Gasteiger partial charge on any atom is -0.494 e. The van der Waals surface area contributed by atoms with Crippen LogP contribution in [0.4, 0.5) is 0 Å². The lowest BCUT2D eigenvalue weighted by Crippen LogP contribution is -2.19. The highest BCUT2D eigenvalue weighted by molar-refractivity contribution is 5.28. The molecule has 126 valence electrons. The monoisotopic (exact) mass is 305 g/mol. The molecule has 0 aliphatic carbocycles. The van der Waals surface area contributed by atoms with Gasteiger partial charge >= 0.3 is 0 Å². The van der Waals surface area contributed by atoms with Crippen LogP contribution >= 0.6 is 0 Å².